The van der Waals surface area contributed by atoms with Gasteiger partial charge >= 0.3 is 6.09 Å². The molecule has 24 heavy (non-hydrogen) atoms. The van der Waals surface area contributed by atoms with Crippen LogP contribution in [0.3, 0.4) is 0 Å². The Bertz CT molecular complexity index is 525. The first-order valence-electron chi connectivity index (χ1n) is 7.70. The minimum absolute atomic E-state index is 0.0925. The van der Waals surface area contributed by atoms with Crippen LogP contribution >= 0.6 is 11.8 Å². The van der Waals surface area contributed by atoms with Gasteiger partial charge in [0.2, 0.25) is 0 Å². The molecule has 0 radical (unpaired) electrons. The quantitative estimate of drug-likeness (QED) is 0.717. The lowest BCUT2D eigenvalue weighted by Gasteiger charge is -2.19. The predicted octanol–water partition coefficient (Wildman–Crippen LogP) is 3.71. The summed E-state index contributed by atoms with van der Waals surface area (Å²) in [6.45, 7) is 8.36. The summed E-state index contributed by atoms with van der Waals surface area (Å²) in [5.74, 6) is 1.34. The summed E-state index contributed by atoms with van der Waals surface area (Å²) in [5.41, 5.74) is 0.102. The fraction of sp³-hybridized carbons (Fsp3) is 0.529. The average Bonchev–Trinajstić information content (AvgIpc) is 2.45. The molecule has 1 amide bonds. The van der Waals surface area contributed by atoms with Gasteiger partial charge in [0.1, 0.15) is 18.0 Å². The van der Waals surface area contributed by atoms with Gasteiger partial charge < -0.3 is 14.2 Å². The van der Waals surface area contributed by atoms with Crippen LogP contribution in [-0.4, -0.2) is 42.4 Å². The van der Waals surface area contributed by atoms with Gasteiger partial charge in [0, 0.05) is 18.4 Å². The number of hydrogen-bond donors (Lipinski definition) is 1. The minimum Gasteiger partial charge on any atom is -0.491 e. The molecule has 1 aromatic rings. The second-order valence-corrected chi connectivity index (χ2v) is 7.22. The van der Waals surface area contributed by atoms with E-state index in [9.17, 15) is 9.59 Å². The first-order valence-corrected chi connectivity index (χ1v) is 8.69. The standard InChI is InChI=1S/C17H25NO5S/c1-13(19)24-12-11-21-9-10-22-15-7-5-14(6-8-15)18-16(20)23-17(2,3)4/h5-8H,9-12H2,1-4H3,(H,18,20). The van der Waals surface area contributed by atoms with Gasteiger partial charge in [0.15, 0.2) is 5.12 Å². The number of thioether (sulfide) groups is 1. The molecule has 0 aliphatic carbocycles. The van der Waals surface area contributed by atoms with Crippen molar-refractivity contribution >= 4 is 28.7 Å². The number of benzene rings is 1. The molecule has 0 unspecified atom stereocenters. The highest BCUT2D eigenvalue weighted by atomic mass is 32.2. The van der Waals surface area contributed by atoms with Crippen molar-refractivity contribution in [1.82, 2.24) is 0 Å². The van der Waals surface area contributed by atoms with Crippen LogP contribution in [0.15, 0.2) is 24.3 Å². The van der Waals surface area contributed by atoms with E-state index in [1.807, 2.05) is 20.8 Å². The molecule has 0 saturated heterocycles. The van der Waals surface area contributed by atoms with Crippen molar-refractivity contribution in [3.05, 3.63) is 24.3 Å². The molecular formula is C17H25NO5S. The molecule has 0 heterocycles. The van der Waals surface area contributed by atoms with Crippen molar-refractivity contribution in [2.24, 2.45) is 0 Å². The lowest BCUT2D eigenvalue weighted by molar-refractivity contribution is -0.109. The molecule has 0 saturated carbocycles. The summed E-state index contributed by atoms with van der Waals surface area (Å²) in [6.07, 6.45) is -0.493. The fourth-order valence-electron chi connectivity index (χ4n) is 1.62. The second kappa shape index (κ2) is 10.2. The van der Waals surface area contributed by atoms with Crippen molar-refractivity contribution < 1.29 is 23.8 Å². The highest BCUT2D eigenvalue weighted by Gasteiger charge is 2.16. The van der Waals surface area contributed by atoms with E-state index in [2.05, 4.69) is 5.32 Å². The van der Waals surface area contributed by atoms with E-state index >= 15 is 0 Å². The molecule has 0 bridgehead atoms. The Morgan fingerprint density at radius 3 is 2.33 bits per heavy atom. The second-order valence-electron chi connectivity index (χ2n) is 5.95. The molecule has 0 aromatic heterocycles. The number of anilines is 1. The van der Waals surface area contributed by atoms with E-state index in [-0.39, 0.29) is 5.12 Å². The van der Waals surface area contributed by atoms with E-state index in [4.69, 9.17) is 14.2 Å². The van der Waals surface area contributed by atoms with Crippen LogP contribution < -0.4 is 10.1 Å². The normalized spacial score (nSPS) is 11.0. The Labute approximate surface area is 147 Å². The number of rotatable bonds is 8. The van der Waals surface area contributed by atoms with Gasteiger partial charge in [-0.2, -0.15) is 0 Å². The smallest absolute Gasteiger partial charge is 0.412 e. The van der Waals surface area contributed by atoms with E-state index in [1.165, 1.54) is 18.7 Å². The monoisotopic (exact) mass is 355 g/mol. The maximum absolute atomic E-state index is 11.6. The molecule has 0 spiro atoms. The molecule has 6 nitrogen and oxygen atoms in total. The summed E-state index contributed by atoms with van der Waals surface area (Å²) in [4.78, 5) is 22.4. The third-order valence-electron chi connectivity index (χ3n) is 2.53. The maximum atomic E-state index is 11.6. The van der Waals surface area contributed by atoms with Crippen molar-refractivity contribution in [1.29, 1.82) is 0 Å². The molecule has 0 aliphatic heterocycles. The molecule has 1 N–H and O–H groups in total. The van der Waals surface area contributed by atoms with E-state index in [0.29, 0.717) is 37.0 Å². The van der Waals surface area contributed by atoms with Crippen LogP contribution in [0.5, 0.6) is 5.75 Å². The van der Waals surface area contributed by atoms with Gasteiger partial charge in [-0.05, 0) is 45.0 Å². The molecule has 0 fully saturated rings. The Kier molecular flexibility index (Phi) is 8.63. The zero-order chi connectivity index (χ0) is 18.0. The SMILES string of the molecule is CC(=O)SCCOCCOc1ccc(NC(=O)OC(C)(C)C)cc1. The van der Waals surface area contributed by atoms with Crippen LogP contribution in [0.2, 0.25) is 0 Å². The van der Waals surface area contributed by atoms with Crippen molar-refractivity contribution in [3.63, 3.8) is 0 Å². The number of carbonyl (C=O) groups is 2. The summed E-state index contributed by atoms with van der Waals surface area (Å²) in [6, 6.07) is 7.00. The first-order chi connectivity index (χ1) is 11.3. The van der Waals surface area contributed by atoms with Gasteiger partial charge in [0.25, 0.3) is 0 Å². The Hall–Kier alpha value is -1.73. The van der Waals surface area contributed by atoms with Crippen molar-refractivity contribution in [2.75, 3.05) is 30.9 Å². The van der Waals surface area contributed by atoms with Crippen LogP contribution in [0.25, 0.3) is 0 Å². The molecule has 0 aliphatic rings. The number of ether oxygens (including phenoxy) is 3. The highest BCUT2D eigenvalue weighted by Crippen LogP contribution is 2.17. The van der Waals surface area contributed by atoms with Gasteiger partial charge in [-0.25, -0.2) is 4.79 Å². The van der Waals surface area contributed by atoms with Crippen molar-refractivity contribution in [2.45, 2.75) is 33.3 Å². The lowest BCUT2D eigenvalue weighted by Crippen LogP contribution is -2.27. The highest BCUT2D eigenvalue weighted by molar-refractivity contribution is 8.13. The minimum atomic E-state index is -0.532. The average molecular weight is 355 g/mol. The summed E-state index contributed by atoms with van der Waals surface area (Å²) >= 11 is 1.25. The zero-order valence-corrected chi connectivity index (χ0v) is 15.4. The molecule has 7 heteroatoms. The topological polar surface area (TPSA) is 73.9 Å². The molecule has 134 valence electrons. The molecular weight excluding hydrogens is 330 g/mol. The third-order valence-corrected chi connectivity index (χ3v) is 3.31. The van der Waals surface area contributed by atoms with Gasteiger partial charge in [-0.3, -0.25) is 10.1 Å². The van der Waals surface area contributed by atoms with E-state index in [0.717, 1.165) is 0 Å². The first kappa shape index (κ1) is 20.3. The van der Waals surface area contributed by atoms with E-state index < -0.39 is 11.7 Å². The number of carbonyl (C=O) groups excluding carboxylic acids is 2. The van der Waals surface area contributed by atoms with Crippen molar-refractivity contribution in [3.8, 4) is 5.75 Å². The number of hydrogen-bond acceptors (Lipinski definition) is 6. The zero-order valence-electron chi connectivity index (χ0n) is 14.6. The summed E-state index contributed by atoms with van der Waals surface area (Å²) in [5, 5.41) is 2.75. The van der Waals surface area contributed by atoms with Crippen LogP contribution in [0.4, 0.5) is 10.5 Å². The fourth-order valence-corrected chi connectivity index (χ4v) is 2.11. The molecule has 1 rings (SSSR count). The Morgan fingerprint density at radius 2 is 1.75 bits per heavy atom. The largest absolute Gasteiger partial charge is 0.491 e. The summed E-state index contributed by atoms with van der Waals surface area (Å²) < 4.78 is 16.1. The maximum Gasteiger partial charge on any atom is 0.412 e. The number of amides is 1. The lowest BCUT2D eigenvalue weighted by atomic mass is 10.2. The van der Waals surface area contributed by atoms with Crippen LogP contribution in [0, 0.1) is 0 Å². The molecule has 1 aromatic carbocycles. The Balaban J connectivity index is 2.22. The Morgan fingerprint density at radius 1 is 1.08 bits per heavy atom. The van der Waals surface area contributed by atoms with Gasteiger partial charge in [-0.1, -0.05) is 11.8 Å². The van der Waals surface area contributed by atoms with Crippen LogP contribution in [0.1, 0.15) is 27.7 Å². The van der Waals surface area contributed by atoms with Crippen LogP contribution in [-0.2, 0) is 14.3 Å². The summed E-state index contributed by atoms with van der Waals surface area (Å²) in [7, 11) is 0. The van der Waals surface area contributed by atoms with E-state index in [1.54, 1.807) is 24.3 Å². The van der Waals surface area contributed by atoms with Gasteiger partial charge in [0.05, 0.1) is 13.2 Å². The molecule has 0 atom stereocenters. The van der Waals surface area contributed by atoms with Gasteiger partial charge in [-0.15, -0.1) is 0 Å². The third kappa shape index (κ3) is 10.1. The predicted molar refractivity (Wildman–Crippen MR) is 95.8 cm³/mol. The number of nitrogens with one attached hydrogen (secondary N) is 1.